The van der Waals surface area contributed by atoms with E-state index >= 15 is 0 Å². The normalized spacial score (nSPS) is 20.5. The number of hydrogen-bond donors (Lipinski definition) is 1. The summed E-state index contributed by atoms with van der Waals surface area (Å²) in [6.07, 6.45) is 3.52. The highest BCUT2D eigenvalue weighted by molar-refractivity contribution is 6.32. The van der Waals surface area contributed by atoms with Crippen molar-refractivity contribution in [2.45, 2.75) is 39.3 Å². The van der Waals surface area contributed by atoms with Crippen molar-refractivity contribution in [3.8, 4) is 0 Å². The molecule has 19 heavy (non-hydrogen) atoms. The van der Waals surface area contributed by atoms with Gasteiger partial charge < -0.3 is 10.1 Å². The summed E-state index contributed by atoms with van der Waals surface area (Å²) in [6, 6.07) is 0.211. The Kier molecular flexibility index (Phi) is 4.82. The minimum Gasteiger partial charge on any atom is -0.381 e. The second-order valence-corrected chi connectivity index (χ2v) is 5.34. The predicted molar refractivity (Wildman–Crippen MR) is 75.8 cm³/mol. The van der Waals surface area contributed by atoms with Gasteiger partial charge in [-0.3, -0.25) is 4.79 Å². The fraction of sp³-hybridized carbons (Fsp3) is 0.692. The van der Waals surface area contributed by atoms with Gasteiger partial charge in [-0.25, -0.2) is 4.68 Å². The van der Waals surface area contributed by atoms with E-state index in [0.717, 1.165) is 26.1 Å². The lowest BCUT2D eigenvalue weighted by Crippen LogP contribution is -2.29. The van der Waals surface area contributed by atoms with Crippen molar-refractivity contribution in [2.75, 3.05) is 18.5 Å². The molecule has 1 aliphatic heterocycles. The molecule has 2 atom stereocenters. The van der Waals surface area contributed by atoms with Gasteiger partial charge in [-0.2, -0.15) is 5.10 Å². The molecule has 0 bridgehead atoms. The molecule has 0 spiro atoms. The zero-order valence-corrected chi connectivity index (χ0v) is 12.1. The number of nitrogens with zero attached hydrogens (tertiary/aromatic N) is 2. The average molecular weight is 286 g/mol. The number of rotatable bonds is 5. The van der Waals surface area contributed by atoms with E-state index in [1.165, 1.54) is 4.68 Å². The number of aromatic nitrogens is 2. The van der Waals surface area contributed by atoms with E-state index in [2.05, 4.69) is 17.3 Å². The standard InChI is InChI=1S/C13H20ClN3O2/c1-3-5-17-13(18)12(14)11(7-15-17)16-9(2)10-4-6-19-8-10/h7,9-10,16H,3-6,8H2,1-2H3. The lowest BCUT2D eigenvalue weighted by molar-refractivity contribution is 0.183. The Morgan fingerprint density at radius 1 is 1.68 bits per heavy atom. The summed E-state index contributed by atoms with van der Waals surface area (Å²) < 4.78 is 6.77. The minimum atomic E-state index is -0.233. The molecular formula is C13H20ClN3O2. The Morgan fingerprint density at radius 3 is 3.11 bits per heavy atom. The van der Waals surface area contributed by atoms with Crippen LogP contribution in [-0.2, 0) is 11.3 Å². The molecule has 0 aliphatic carbocycles. The molecule has 2 unspecified atom stereocenters. The minimum absolute atomic E-state index is 0.211. The number of ether oxygens (including phenoxy) is 1. The van der Waals surface area contributed by atoms with Crippen LogP contribution in [0.4, 0.5) is 5.69 Å². The maximum absolute atomic E-state index is 12.0. The van der Waals surface area contributed by atoms with Crippen LogP contribution in [0, 0.1) is 5.92 Å². The van der Waals surface area contributed by atoms with Gasteiger partial charge in [0.15, 0.2) is 0 Å². The van der Waals surface area contributed by atoms with Crippen LogP contribution in [0.2, 0.25) is 5.02 Å². The van der Waals surface area contributed by atoms with Crippen molar-refractivity contribution in [1.82, 2.24) is 9.78 Å². The third-order valence-corrected chi connectivity index (χ3v) is 3.84. The third-order valence-electron chi connectivity index (χ3n) is 3.48. The van der Waals surface area contributed by atoms with Gasteiger partial charge in [0.25, 0.3) is 5.56 Å². The van der Waals surface area contributed by atoms with Crippen molar-refractivity contribution in [3.05, 3.63) is 21.6 Å². The Morgan fingerprint density at radius 2 is 2.47 bits per heavy atom. The van der Waals surface area contributed by atoms with Crippen molar-refractivity contribution in [2.24, 2.45) is 5.92 Å². The molecule has 2 heterocycles. The van der Waals surface area contributed by atoms with E-state index in [1.54, 1.807) is 6.20 Å². The van der Waals surface area contributed by atoms with Crippen LogP contribution in [0.15, 0.2) is 11.0 Å². The van der Waals surface area contributed by atoms with Crippen LogP contribution in [-0.4, -0.2) is 29.0 Å². The first-order valence-corrected chi connectivity index (χ1v) is 7.11. The maximum atomic E-state index is 12.0. The molecule has 106 valence electrons. The van der Waals surface area contributed by atoms with Crippen molar-refractivity contribution in [1.29, 1.82) is 0 Å². The maximum Gasteiger partial charge on any atom is 0.287 e. The number of anilines is 1. The molecule has 2 rings (SSSR count). The number of hydrogen-bond acceptors (Lipinski definition) is 4. The van der Waals surface area contributed by atoms with Gasteiger partial charge >= 0.3 is 0 Å². The SMILES string of the molecule is CCCn1ncc(NC(C)C2CCOC2)c(Cl)c1=O. The molecule has 1 fully saturated rings. The van der Waals surface area contributed by atoms with Gasteiger partial charge in [0.1, 0.15) is 5.02 Å². The highest BCUT2D eigenvalue weighted by Crippen LogP contribution is 2.22. The fourth-order valence-electron chi connectivity index (χ4n) is 2.25. The zero-order valence-electron chi connectivity index (χ0n) is 11.4. The molecule has 1 aromatic heterocycles. The van der Waals surface area contributed by atoms with E-state index < -0.39 is 0 Å². The summed E-state index contributed by atoms with van der Waals surface area (Å²) in [5.41, 5.74) is 0.377. The van der Waals surface area contributed by atoms with Gasteiger partial charge in [-0.1, -0.05) is 18.5 Å². The summed E-state index contributed by atoms with van der Waals surface area (Å²) in [7, 11) is 0. The quantitative estimate of drug-likeness (QED) is 0.901. The summed E-state index contributed by atoms with van der Waals surface area (Å²) in [6.45, 7) is 6.22. The molecule has 0 radical (unpaired) electrons. The number of halogens is 1. The Balaban J connectivity index is 2.12. The molecule has 1 N–H and O–H groups in total. The molecule has 6 heteroatoms. The second kappa shape index (κ2) is 6.39. The monoisotopic (exact) mass is 285 g/mol. The first kappa shape index (κ1) is 14.3. The molecule has 1 aromatic rings. The van der Waals surface area contributed by atoms with Crippen molar-refractivity contribution < 1.29 is 4.74 Å². The van der Waals surface area contributed by atoms with Crippen LogP contribution in [0.5, 0.6) is 0 Å². The zero-order chi connectivity index (χ0) is 13.8. The summed E-state index contributed by atoms with van der Waals surface area (Å²) in [4.78, 5) is 12.0. The number of aryl methyl sites for hydroxylation is 1. The third kappa shape index (κ3) is 3.28. The number of nitrogens with one attached hydrogen (secondary N) is 1. The van der Waals surface area contributed by atoms with E-state index in [1.807, 2.05) is 6.92 Å². The lowest BCUT2D eigenvalue weighted by Gasteiger charge is -2.21. The summed E-state index contributed by atoms with van der Waals surface area (Å²) in [5, 5.41) is 7.63. The van der Waals surface area contributed by atoms with E-state index in [-0.39, 0.29) is 16.6 Å². The first-order valence-electron chi connectivity index (χ1n) is 6.73. The van der Waals surface area contributed by atoms with E-state index in [9.17, 15) is 4.79 Å². The van der Waals surface area contributed by atoms with Crippen molar-refractivity contribution >= 4 is 17.3 Å². The lowest BCUT2D eigenvalue weighted by atomic mass is 10.0. The largest absolute Gasteiger partial charge is 0.381 e. The van der Waals surface area contributed by atoms with Gasteiger partial charge in [-0.05, 0) is 19.8 Å². The topological polar surface area (TPSA) is 56.1 Å². The molecule has 0 aromatic carbocycles. The highest BCUT2D eigenvalue weighted by Gasteiger charge is 2.23. The van der Waals surface area contributed by atoms with Gasteiger partial charge in [0.05, 0.1) is 18.5 Å². The van der Waals surface area contributed by atoms with Gasteiger partial charge in [-0.15, -0.1) is 0 Å². The molecular weight excluding hydrogens is 266 g/mol. The smallest absolute Gasteiger partial charge is 0.287 e. The highest BCUT2D eigenvalue weighted by atomic mass is 35.5. The summed E-state index contributed by atoms with van der Waals surface area (Å²) >= 11 is 6.12. The molecule has 0 saturated carbocycles. The fourth-order valence-corrected chi connectivity index (χ4v) is 2.45. The van der Waals surface area contributed by atoms with Gasteiger partial charge in [0, 0.05) is 25.1 Å². The predicted octanol–water partition coefficient (Wildman–Crippen LogP) is 2.14. The van der Waals surface area contributed by atoms with Crippen molar-refractivity contribution in [3.63, 3.8) is 0 Å². The van der Waals surface area contributed by atoms with Crippen LogP contribution in [0.1, 0.15) is 26.7 Å². The van der Waals surface area contributed by atoms with Crippen LogP contribution >= 0.6 is 11.6 Å². The van der Waals surface area contributed by atoms with E-state index in [0.29, 0.717) is 18.2 Å². The van der Waals surface area contributed by atoms with Gasteiger partial charge in [0.2, 0.25) is 0 Å². The second-order valence-electron chi connectivity index (χ2n) is 4.96. The van der Waals surface area contributed by atoms with E-state index in [4.69, 9.17) is 16.3 Å². The molecule has 1 saturated heterocycles. The first-order chi connectivity index (χ1) is 9.13. The summed E-state index contributed by atoms with van der Waals surface area (Å²) in [5.74, 6) is 0.453. The average Bonchev–Trinajstić information content (AvgIpc) is 2.92. The van der Waals surface area contributed by atoms with Crippen LogP contribution in [0.3, 0.4) is 0 Å². The van der Waals surface area contributed by atoms with Crippen LogP contribution in [0.25, 0.3) is 0 Å². The Hall–Kier alpha value is -1.07. The van der Waals surface area contributed by atoms with Crippen LogP contribution < -0.4 is 10.9 Å². The molecule has 1 aliphatic rings. The Bertz CT molecular complexity index is 483. The molecule has 5 nitrogen and oxygen atoms in total. The Labute approximate surface area is 117 Å². The molecule has 0 amide bonds.